The molecule has 0 atom stereocenters. The molecule has 90 valence electrons. The molecule has 0 radical (unpaired) electrons. The van der Waals surface area contributed by atoms with Gasteiger partial charge in [-0.15, -0.1) is 0 Å². The number of rotatable bonds is 6. The summed E-state index contributed by atoms with van der Waals surface area (Å²) in [6.45, 7) is 7.28. The minimum Gasteiger partial charge on any atom is -0.461 e. The van der Waals surface area contributed by atoms with Crippen molar-refractivity contribution in [3.8, 4) is 0 Å². The van der Waals surface area contributed by atoms with Gasteiger partial charge in [0.2, 0.25) is 5.91 Å². The Hall–Kier alpha value is -1.36. The lowest BCUT2D eigenvalue weighted by molar-refractivity contribution is -0.139. The molecule has 1 heterocycles. The Labute approximate surface area is 95.4 Å². The van der Waals surface area contributed by atoms with Crippen molar-refractivity contribution in [2.24, 2.45) is 0 Å². The van der Waals surface area contributed by atoms with Gasteiger partial charge in [0.15, 0.2) is 0 Å². The number of ether oxygens (including phenoxy) is 1. The van der Waals surface area contributed by atoms with E-state index in [1.807, 2.05) is 0 Å². The summed E-state index contributed by atoms with van der Waals surface area (Å²) in [7, 11) is 0. The molecule has 5 heteroatoms. The third-order valence-electron chi connectivity index (χ3n) is 2.33. The van der Waals surface area contributed by atoms with E-state index in [1.54, 1.807) is 11.8 Å². The van der Waals surface area contributed by atoms with Crippen LogP contribution in [-0.4, -0.2) is 43.1 Å². The molecule has 0 spiro atoms. The number of nitrogens with zero attached hydrogens (tertiary/aromatic N) is 1. The zero-order valence-corrected chi connectivity index (χ0v) is 9.62. The maximum Gasteiger partial charge on any atom is 0.333 e. The number of carbonyl (C=O) groups is 2. The predicted octanol–water partition coefficient (Wildman–Crippen LogP) is 0.275. The molecule has 0 aromatic rings. The minimum atomic E-state index is -0.376. The highest BCUT2D eigenvalue weighted by Gasteiger charge is 2.18. The van der Waals surface area contributed by atoms with E-state index in [0.717, 1.165) is 13.0 Å². The molecule has 1 amide bonds. The van der Waals surface area contributed by atoms with Crippen LogP contribution in [0.1, 0.15) is 19.8 Å². The Morgan fingerprint density at radius 1 is 1.62 bits per heavy atom. The SMILES string of the molecule is C=C(C)C(=O)OCCNCN1CCCC1=O. The molecular weight excluding hydrogens is 208 g/mol. The lowest BCUT2D eigenvalue weighted by atomic mass is 10.4. The molecule has 5 nitrogen and oxygen atoms in total. The van der Waals surface area contributed by atoms with Gasteiger partial charge in [-0.1, -0.05) is 6.58 Å². The fourth-order valence-corrected chi connectivity index (χ4v) is 1.42. The second-order valence-corrected chi connectivity index (χ2v) is 3.84. The Morgan fingerprint density at radius 3 is 2.94 bits per heavy atom. The molecule has 1 rings (SSSR count). The van der Waals surface area contributed by atoms with Gasteiger partial charge in [-0.2, -0.15) is 0 Å². The molecule has 1 N–H and O–H groups in total. The van der Waals surface area contributed by atoms with E-state index in [0.29, 0.717) is 31.8 Å². The van der Waals surface area contributed by atoms with Crippen LogP contribution in [0.4, 0.5) is 0 Å². The Bertz CT molecular complexity index is 289. The first-order valence-corrected chi connectivity index (χ1v) is 5.42. The first-order valence-electron chi connectivity index (χ1n) is 5.42. The molecule has 0 aliphatic carbocycles. The second-order valence-electron chi connectivity index (χ2n) is 3.84. The van der Waals surface area contributed by atoms with Gasteiger partial charge in [0.05, 0.1) is 6.67 Å². The molecular formula is C11H18N2O3. The van der Waals surface area contributed by atoms with Crippen LogP contribution in [0.25, 0.3) is 0 Å². The average molecular weight is 226 g/mol. The number of esters is 1. The van der Waals surface area contributed by atoms with Crippen molar-refractivity contribution >= 4 is 11.9 Å². The van der Waals surface area contributed by atoms with Crippen LogP contribution in [0.2, 0.25) is 0 Å². The molecule has 0 bridgehead atoms. The van der Waals surface area contributed by atoms with Gasteiger partial charge in [0.25, 0.3) is 0 Å². The van der Waals surface area contributed by atoms with Gasteiger partial charge < -0.3 is 9.64 Å². The van der Waals surface area contributed by atoms with E-state index < -0.39 is 0 Å². The van der Waals surface area contributed by atoms with Gasteiger partial charge in [0.1, 0.15) is 6.61 Å². The van der Waals surface area contributed by atoms with E-state index in [4.69, 9.17) is 4.74 Å². The zero-order valence-electron chi connectivity index (χ0n) is 9.62. The van der Waals surface area contributed by atoms with Gasteiger partial charge >= 0.3 is 5.97 Å². The van der Waals surface area contributed by atoms with Crippen LogP contribution < -0.4 is 5.32 Å². The summed E-state index contributed by atoms with van der Waals surface area (Å²) < 4.78 is 4.89. The van der Waals surface area contributed by atoms with E-state index in [9.17, 15) is 9.59 Å². The van der Waals surface area contributed by atoms with Crippen molar-refractivity contribution in [2.75, 3.05) is 26.4 Å². The highest BCUT2D eigenvalue weighted by atomic mass is 16.5. The summed E-state index contributed by atoms with van der Waals surface area (Å²) in [6.07, 6.45) is 1.58. The molecule has 0 saturated carbocycles. The van der Waals surface area contributed by atoms with Crippen molar-refractivity contribution in [3.05, 3.63) is 12.2 Å². The summed E-state index contributed by atoms with van der Waals surface area (Å²) in [5.74, 6) is -0.189. The fraction of sp³-hybridized carbons (Fsp3) is 0.636. The van der Waals surface area contributed by atoms with Crippen LogP contribution in [-0.2, 0) is 14.3 Å². The molecule has 0 aromatic heterocycles. The van der Waals surface area contributed by atoms with Crippen LogP contribution in [0.3, 0.4) is 0 Å². The van der Waals surface area contributed by atoms with Crippen molar-refractivity contribution in [1.82, 2.24) is 10.2 Å². The number of nitrogens with one attached hydrogen (secondary N) is 1. The maximum atomic E-state index is 11.2. The van der Waals surface area contributed by atoms with E-state index in [2.05, 4.69) is 11.9 Å². The summed E-state index contributed by atoms with van der Waals surface area (Å²) >= 11 is 0. The van der Waals surface area contributed by atoms with Crippen molar-refractivity contribution < 1.29 is 14.3 Å². The summed E-state index contributed by atoms with van der Waals surface area (Å²) in [4.78, 5) is 24.0. The third kappa shape index (κ3) is 4.02. The van der Waals surface area contributed by atoms with Gasteiger partial charge in [-0.25, -0.2) is 4.79 Å². The lowest BCUT2D eigenvalue weighted by Gasteiger charge is -2.16. The summed E-state index contributed by atoms with van der Waals surface area (Å²) in [5, 5.41) is 3.05. The van der Waals surface area contributed by atoms with E-state index >= 15 is 0 Å². The predicted molar refractivity (Wildman–Crippen MR) is 59.6 cm³/mol. The van der Waals surface area contributed by atoms with Gasteiger partial charge in [-0.3, -0.25) is 10.1 Å². The molecule has 0 aromatic carbocycles. The Balaban J connectivity index is 2.02. The molecule has 16 heavy (non-hydrogen) atoms. The molecule has 1 fully saturated rings. The molecule has 1 aliphatic heterocycles. The quantitative estimate of drug-likeness (QED) is 0.401. The lowest BCUT2D eigenvalue weighted by Crippen LogP contribution is -2.36. The number of amides is 1. The average Bonchev–Trinajstić information content (AvgIpc) is 2.63. The Morgan fingerprint density at radius 2 is 2.38 bits per heavy atom. The first-order chi connectivity index (χ1) is 7.61. The monoisotopic (exact) mass is 226 g/mol. The van der Waals surface area contributed by atoms with Crippen LogP contribution in [0, 0.1) is 0 Å². The highest BCUT2D eigenvalue weighted by Crippen LogP contribution is 2.07. The van der Waals surface area contributed by atoms with Crippen molar-refractivity contribution in [1.29, 1.82) is 0 Å². The topological polar surface area (TPSA) is 58.6 Å². The highest BCUT2D eigenvalue weighted by molar-refractivity contribution is 5.86. The first kappa shape index (κ1) is 12.7. The number of likely N-dealkylation sites (tertiary alicyclic amines) is 1. The van der Waals surface area contributed by atoms with Gasteiger partial charge in [-0.05, 0) is 13.3 Å². The largest absolute Gasteiger partial charge is 0.461 e. The number of hydrogen-bond acceptors (Lipinski definition) is 4. The van der Waals surface area contributed by atoms with E-state index in [-0.39, 0.29) is 11.9 Å². The second kappa shape index (κ2) is 6.27. The van der Waals surface area contributed by atoms with Crippen LogP contribution >= 0.6 is 0 Å². The summed E-state index contributed by atoms with van der Waals surface area (Å²) in [6, 6.07) is 0. The third-order valence-corrected chi connectivity index (χ3v) is 2.33. The van der Waals surface area contributed by atoms with Crippen LogP contribution in [0.5, 0.6) is 0 Å². The zero-order chi connectivity index (χ0) is 12.0. The van der Waals surface area contributed by atoms with Crippen molar-refractivity contribution in [2.45, 2.75) is 19.8 Å². The van der Waals surface area contributed by atoms with E-state index in [1.165, 1.54) is 0 Å². The smallest absolute Gasteiger partial charge is 0.333 e. The minimum absolute atomic E-state index is 0.187. The molecule has 1 aliphatic rings. The number of hydrogen-bond donors (Lipinski definition) is 1. The maximum absolute atomic E-state index is 11.2. The molecule has 0 unspecified atom stereocenters. The van der Waals surface area contributed by atoms with Crippen molar-refractivity contribution in [3.63, 3.8) is 0 Å². The summed E-state index contributed by atoms with van der Waals surface area (Å²) in [5.41, 5.74) is 0.398. The molecule has 1 saturated heterocycles. The Kier molecular flexibility index (Phi) is 4.98. The fourth-order valence-electron chi connectivity index (χ4n) is 1.42. The van der Waals surface area contributed by atoms with Gasteiger partial charge in [0, 0.05) is 25.1 Å². The van der Waals surface area contributed by atoms with Crippen LogP contribution in [0.15, 0.2) is 12.2 Å². The normalized spacial score (nSPS) is 15.3. The number of carbonyl (C=O) groups excluding carboxylic acids is 2. The standard InChI is InChI=1S/C11H18N2O3/c1-9(2)11(15)16-7-5-12-8-13-6-3-4-10(13)14/h12H,1,3-8H2,2H3.